The maximum Gasteiger partial charge on any atom is 0.311 e. The van der Waals surface area contributed by atoms with Crippen molar-refractivity contribution in [3.63, 3.8) is 0 Å². The van der Waals surface area contributed by atoms with Crippen LogP contribution in [0.5, 0.6) is 0 Å². The van der Waals surface area contributed by atoms with Crippen molar-refractivity contribution in [3.8, 4) is 0 Å². The molecule has 0 saturated heterocycles. The summed E-state index contributed by atoms with van der Waals surface area (Å²) in [6.45, 7) is 9.16. The lowest BCUT2D eigenvalue weighted by Gasteiger charge is -2.25. The Hall–Kier alpha value is -4.28. The van der Waals surface area contributed by atoms with Crippen LogP contribution in [-0.4, -0.2) is 109 Å². The highest BCUT2D eigenvalue weighted by Gasteiger charge is 2.30. The van der Waals surface area contributed by atoms with Crippen LogP contribution < -0.4 is 5.32 Å². The predicted octanol–water partition coefficient (Wildman–Crippen LogP) is 1.67. The van der Waals surface area contributed by atoms with Crippen molar-refractivity contribution in [3.05, 3.63) is 47.5 Å². The molecule has 0 saturated carbocycles. The quantitative estimate of drug-likeness (QED) is 0.0800. The first kappa shape index (κ1) is 42.9. The molecule has 15 nitrogen and oxygen atoms in total. The molecular formula is C35H49N3O12S. The molecule has 0 radical (unpaired) electrons. The number of nitrogens with zero attached hydrogens (tertiary/aromatic N) is 2. The highest BCUT2D eigenvalue weighted by atomic mass is 32.2. The average Bonchev–Trinajstić information content (AvgIpc) is 3.35. The fourth-order valence-corrected chi connectivity index (χ4v) is 5.07. The average molecular weight is 736 g/mol. The summed E-state index contributed by atoms with van der Waals surface area (Å²) < 4.78 is 41.2. The third-order valence-electron chi connectivity index (χ3n) is 8.01. The first-order valence-electron chi connectivity index (χ1n) is 16.6. The fraction of sp³-hybridized carbons (Fsp3) is 0.571. The van der Waals surface area contributed by atoms with E-state index in [1.54, 1.807) is 65.8 Å². The van der Waals surface area contributed by atoms with E-state index in [-0.39, 0.29) is 75.6 Å². The lowest BCUT2D eigenvalue weighted by atomic mass is 9.88. The number of Topliss-reactive ketones (excluding diaryl/α,β-unsaturated/α-hetero) is 2. The second kappa shape index (κ2) is 19.4. The number of imide groups is 1. The number of rotatable bonds is 21. The molecule has 4 amide bonds. The monoisotopic (exact) mass is 735 g/mol. The van der Waals surface area contributed by atoms with E-state index in [2.05, 4.69) is 5.32 Å². The number of esters is 1. The first-order chi connectivity index (χ1) is 23.7. The van der Waals surface area contributed by atoms with Gasteiger partial charge in [-0.25, -0.2) is 0 Å². The lowest BCUT2D eigenvalue weighted by molar-refractivity contribution is -0.154. The second-order valence-electron chi connectivity index (χ2n) is 13.7. The molecule has 282 valence electrons. The Balaban J connectivity index is 1.94. The van der Waals surface area contributed by atoms with Crippen molar-refractivity contribution < 1.29 is 56.0 Å². The standard InChI is InChI=1S/C35H49N3O12S/c1-23(2)28(33(44)36-24(3)29(40)19-25-7-9-26(10-8-25)22-50-34(45)35(4,5)6)20-27(39)13-14-37(15-16-49-17-18-51(46,47)48)32(43)21-38-30(41)11-12-31(38)42/h7-12,23-24,28H,13-22H2,1-6H3,(H,36,44)(H,46,47,48)/t24-,28-/m0/s1. The van der Waals surface area contributed by atoms with Gasteiger partial charge in [0.2, 0.25) is 11.8 Å². The second-order valence-corrected chi connectivity index (χ2v) is 15.3. The van der Waals surface area contributed by atoms with Crippen molar-refractivity contribution in [1.29, 1.82) is 0 Å². The number of amides is 4. The Kier molecular flexibility index (Phi) is 16.3. The van der Waals surface area contributed by atoms with Gasteiger partial charge in [-0.1, -0.05) is 38.1 Å². The molecule has 51 heavy (non-hydrogen) atoms. The van der Waals surface area contributed by atoms with Crippen molar-refractivity contribution in [2.45, 2.75) is 73.5 Å². The summed E-state index contributed by atoms with van der Waals surface area (Å²) in [4.78, 5) is 90.1. The van der Waals surface area contributed by atoms with Gasteiger partial charge in [0.05, 0.1) is 30.4 Å². The zero-order chi connectivity index (χ0) is 38.5. The number of ether oxygens (including phenoxy) is 2. The number of hydrogen-bond donors (Lipinski definition) is 2. The molecular weight excluding hydrogens is 686 g/mol. The Morgan fingerprint density at radius 2 is 1.51 bits per heavy atom. The molecule has 0 aromatic heterocycles. The van der Waals surface area contributed by atoms with Crippen LogP contribution >= 0.6 is 0 Å². The third-order valence-corrected chi connectivity index (χ3v) is 8.70. The van der Waals surface area contributed by atoms with Gasteiger partial charge >= 0.3 is 5.97 Å². The zero-order valence-corrected chi connectivity index (χ0v) is 30.8. The van der Waals surface area contributed by atoms with E-state index in [9.17, 15) is 42.0 Å². The van der Waals surface area contributed by atoms with Gasteiger partial charge in [-0.15, -0.1) is 0 Å². The minimum absolute atomic E-state index is 0.0445. The maximum absolute atomic E-state index is 13.2. The van der Waals surface area contributed by atoms with Crippen molar-refractivity contribution in [2.24, 2.45) is 17.3 Å². The van der Waals surface area contributed by atoms with Gasteiger partial charge in [0.15, 0.2) is 5.78 Å². The Morgan fingerprint density at radius 1 is 0.922 bits per heavy atom. The molecule has 2 rings (SSSR count). The van der Waals surface area contributed by atoms with E-state index < -0.39 is 63.4 Å². The Morgan fingerprint density at radius 3 is 2.06 bits per heavy atom. The summed E-state index contributed by atoms with van der Waals surface area (Å²) >= 11 is 0. The number of benzene rings is 1. The van der Waals surface area contributed by atoms with Crippen LogP contribution in [0.15, 0.2) is 36.4 Å². The van der Waals surface area contributed by atoms with Crippen molar-refractivity contribution in [1.82, 2.24) is 15.1 Å². The van der Waals surface area contributed by atoms with Gasteiger partial charge in [0.25, 0.3) is 21.9 Å². The third kappa shape index (κ3) is 15.2. The van der Waals surface area contributed by atoms with Gasteiger partial charge in [-0.2, -0.15) is 8.42 Å². The van der Waals surface area contributed by atoms with Crippen molar-refractivity contribution in [2.75, 3.05) is 38.6 Å². The predicted molar refractivity (Wildman–Crippen MR) is 184 cm³/mol. The lowest BCUT2D eigenvalue weighted by Crippen LogP contribution is -2.45. The van der Waals surface area contributed by atoms with Gasteiger partial charge < -0.3 is 19.7 Å². The molecule has 1 aliphatic rings. The number of nitrogens with one attached hydrogen (secondary N) is 1. The highest BCUT2D eigenvalue weighted by molar-refractivity contribution is 7.85. The molecule has 1 aromatic carbocycles. The van der Waals surface area contributed by atoms with E-state index in [1.165, 1.54) is 4.90 Å². The Bertz CT molecular complexity index is 1560. The molecule has 0 aliphatic carbocycles. The van der Waals surface area contributed by atoms with E-state index in [0.29, 0.717) is 5.56 Å². The van der Waals surface area contributed by atoms with Crippen LogP contribution in [0.3, 0.4) is 0 Å². The van der Waals surface area contributed by atoms with E-state index in [4.69, 9.17) is 14.0 Å². The van der Waals surface area contributed by atoms with Crippen LogP contribution in [0.2, 0.25) is 0 Å². The van der Waals surface area contributed by atoms with Gasteiger partial charge in [0.1, 0.15) is 18.9 Å². The number of ketones is 2. The number of hydrogen-bond acceptors (Lipinski definition) is 11. The normalized spacial score (nSPS) is 14.4. The van der Waals surface area contributed by atoms with E-state index >= 15 is 0 Å². The minimum atomic E-state index is -4.26. The molecule has 1 aliphatic heterocycles. The van der Waals surface area contributed by atoms with Gasteiger partial charge in [-0.3, -0.25) is 43.0 Å². The highest BCUT2D eigenvalue weighted by Crippen LogP contribution is 2.19. The number of carbonyl (C=O) groups is 7. The number of carbonyl (C=O) groups excluding carboxylic acids is 7. The summed E-state index contributed by atoms with van der Waals surface area (Å²) in [7, 11) is -4.26. The Labute approximate surface area is 298 Å². The summed E-state index contributed by atoms with van der Waals surface area (Å²) in [5.41, 5.74) is 0.851. The molecule has 0 unspecified atom stereocenters. The molecule has 0 bridgehead atoms. The SMILES string of the molecule is CC(C)[C@H](CC(=O)CCN(CCOCCS(=O)(=O)O)C(=O)CN1C(=O)C=CC1=O)C(=O)N[C@@H](C)C(=O)Cc1ccc(COC(=O)C(C)(C)C)cc1. The summed E-state index contributed by atoms with van der Waals surface area (Å²) in [5.74, 6) is -5.10. The van der Waals surface area contributed by atoms with E-state index in [0.717, 1.165) is 22.6 Å². The molecule has 1 aromatic rings. The molecule has 0 spiro atoms. The smallest absolute Gasteiger partial charge is 0.311 e. The van der Waals surface area contributed by atoms with Crippen molar-refractivity contribution >= 4 is 51.3 Å². The van der Waals surface area contributed by atoms with Gasteiger partial charge in [-0.05, 0) is 44.7 Å². The van der Waals surface area contributed by atoms with Crippen LogP contribution in [-0.2, 0) is 66.2 Å². The molecule has 1 heterocycles. The summed E-state index contributed by atoms with van der Waals surface area (Å²) in [6, 6.07) is 6.17. The van der Waals surface area contributed by atoms with Crippen LogP contribution in [0.25, 0.3) is 0 Å². The molecule has 16 heteroatoms. The minimum Gasteiger partial charge on any atom is -0.460 e. The maximum atomic E-state index is 13.2. The largest absolute Gasteiger partial charge is 0.460 e. The zero-order valence-electron chi connectivity index (χ0n) is 30.0. The molecule has 0 fully saturated rings. The van der Waals surface area contributed by atoms with Crippen LogP contribution in [0.4, 0.5) is 0 Å². The summed E-state index contributed by atoms with van der Waals surface area (Å²) in [5, 5.41) is 2.71. The molecule has 2 atom stereocenters. The molecule has 2 N–H and O–H groups in total. The van der Waals surface area contributed by atoms with Crippen LogP contribution in [0, 0.1) is 17.3 Å². The van der Waals surface area contributed by atoms with Crippen LogP contribution in [0.1, 0.15) is 65.5 Å². The van der Waals surface area contributed by atoms with E-state index in [1.807, 2.05) is 0 Å². The first-order valence-corrected chi connectivity index (χ1v) is 18.2. The fourth-order valence-electron chi connectivity index (χ4n) is 4.74. The van der Waals surface area contributed by atoms with Gasteiger partial charge in [0, 0.05) is 50.4 Å². The topological polar surface area (TPSA) is 211 Å². The summed E-state index contributed by atoms with van der Waals surface area (Å²) in [6.07, 6.45) is 1.75.